The molecule has 5 aromatic carbocycles. The number of aromatic nitrogens is 3. The van der Waals surface area contributed by atoms with Gasteiger partial charge < -0.3 is 4.57 Å². The van der Waals surface area contributed by atoms with Crippen molar-refractivity contribution in [2.45, 2.75) is 0 Å². The molecule has 0 radical (unpaired) electrons. The maximum Gasteiger partial charge on any atom is 0.266 e. The van der Waals surface area contributed by atoms with Crippen LogP contribution in [0.3, 0.4) is 0 Å². The van der Waals surface area contributed by atoms with Gasteiger partial charge in [0.25, 0.3) is 5.56 Å². The van der Waals surface area contributed by atoms with E-state index in [0.717, 1.165) is 42.9 Å². The van der Waals surface area contributed by atoms with E-state index >= 15 is 0 Å². The monoisotopic (exact) mass is 493 g/mol. The molecule has 0 saturated heterocycles. The first kappa shape index (κ1) is 20.5. The summed E-state index contributed by atoms with van der Waals surface area (Å²) in [6.45, 7) is 0. The van der Waals surface area contributed by atoms with E-state index in [4.69, 9.17) is 4.98 Å². The van der Waals surface area contributed by atoms with Crippen molar-refractivity contribution < 1.29 is 0 Å². The molecule has 0 N–H and O–H groups in total. The largest absolute Gasteiger partial charge is 0.309 e. The Balaban J connectivity index is 1.35. The van der Waals surface area contributed by atoms with Crippen LogP contribution in [-0.4, -0.2) is 14.0 Å². The van der Waals surface area contributed by atoms with Crippen molar-refractivity contribution in [3.05, 3.63) is 126 Å². The van der Waals surface area contributed by atoms with Gasteiger partial charge in [0, 0.05) is 21.2 Å². The van der Waals surface area contributed by atoms with Gasteiger partial charge in [-0.15, -0.1) is 0 Å². The van der Waals surface area contributed by atoms with Gasteiger partial charge in [0.05, 0.1) is 27.5 Å². The summed E-state index contributed by atoms with van der Waals surface area (Å²) in [5.74, 6) is 0. The van der Waals surface area contributed by atoms with Crippen LogP contribution in [0.1, 0.15) is 0 Å². The fraction of sp³-hybridized carbons (Fsp3) is 0. The third-order valence-electron chi connectivity index (χ3n) is 7.17. The topological polar surface area (TPSA) is 39.3 Å². The molecule has 0 aliphatic carbocycles. The summed E-state index contributed by atoms with van der Waals surface area (Å²) in [5, 5.41) is 3.16. The van der Waals surface area contributed by atoms with Crippen molar-refractivity contribution in [3.63, 3.8) is 0 Å². The number of fused-ring (bicyclic) bond motifs is 7. The van der Waals surface area contributed by atoms with E-state index in [1.807, 2.05) is 36.4 Å². The second-order valence-electron chi connectivity index (χ2n) is 9.26. The van der Waals surface area contributed by atoms with Crippen LogP contribution in [0.2, 0.25) is 0 Å². The van der Waals surface area contributed by atoms with E-state index < -0.39 is 0 Å². The van der Waals surface area contributed by atoms with Crippen LogP contribution in [0.5, 0.6) is 0 Å². The Kier molecular flexibility index (Phi) is 4.22. The van der Waals surface area contributed by atoms with Crippen molar-refractivity contribution in [1.29, 1.82) is 0 Å². The maximum absolute atomic E-state index is 13.2. The van der Waals surface area contributed by atoms with Gasteiger partial charge in [-0.3, -0.25) is 4.79 Å². The van der Waals surface area contributed by atoms with Gasteiger partial charge in [-0.1, -0.05) is 72.0 Å². The minimum Gasteiger partial charge on any atom is -0.309 e. The van der Waals surface area contributed by atoms with Crippen LogP contribution in [0, 0.1) is 0 Å². The Morgan fingerprint density at radius 1 is 0.595 bits per heavy atom. The molecule has 3 aromatic heterocycles. The molecule has 0 aliphatic rings. The lowest BCUT2D eigenvalue weighted by atomic mass is 10.0. The van der Waals surface area contributed by atoms with Gasteiger partial charge in [-0.05, 0) is 65.7 Å². The van der Waals surface area contributed by atoms with Crippen molar-refractivity contribution in [1.82, 2.24) is 14.0 Å². The first-order chi connectivity index (χ1) is 18.3. The van der Waals surface area contributed by atoms with E-state index in [0.29, 0.717) is 0 Å². The summed E-state index contributed by atoms with van der Waals surface area (Å²) in [7, 11) is 0. The first-order valence-electron chi connectivity index (χ1n) is 12.2. The van der Waals surface area contributed by atoms with E-state index in [1.54, 1.807) is 15.7 Å². The predicted molar refractivity (Wildman–Crippen MR) is 154 cm³/mol. The average Bonchev–Trinajstić information content (AvgIpc) is 3.48. The second kappa shape index (κ2) is 7.63. The summed E-state index contributed by atoms with van der Waals surface area (Å²) < 4.78 is 5.01. The minimum absolute atomic E-state index is 0.0188. The highest BCUT2D eigenvalue weighted by molar-refractivity contribution is 7.23. The van der Waals surface area contributed by atoms with Gasteiger partial charge in [0.2, 0.25) is 0 Å². The van der Waals surface area contributed by atoms with Crippen molar-refractivity contribution in [2.75, 3.05) is 0 Å². The number of hydrogen-bond donors (Lipinski definition) is 0. The average molecular weight is 494 g/mol. The normalized spacial score (nSPS) is 11.9. The van der Waals surface area contributed by atoms with Crippen LogP contribution < -0.4 is 5.56 Å². The number of nitrogens with zero attached hydrogens (tertiary/aromatic N) is 3. The van der Waals surface area contributed by atoms with E-state index in [2.05, 4.69) is 83.4 Å². The molecular formula is C32H19N3OS. The van der Waals surface area contributed by atoms with Crippen LogP contribution in [-0.2, 0) is 0 Å². The van der Waals surface area contributed by atoms with Gasteiger partial charge >= 0.3 is 0 Å². The fourth-order valence-electron chi connectivity index (χ4n) is 5.46. The Morgan fingerprint density at radius 3 is 2.14 bits per heavy atom. The lowest BCUT2D eigenvalue weighted by Gasteiger charge is -2.08. The Bertz CT molecular complexity index is 2220. The Hall–Kier alpha value is -4.74. The molecule has 0 unspecified atom stereocenters. The second-order valence-corrected chi connectivity index (χ2v) is 10.3. The van der Waals surface area contributed by atoms with Gasteiger partial charge in [0.1, 0.15) is 0 Å². The quantitative estimate of drug-likeness (QED) is 0.246. The SMILES string of the molecule is O=c1c2ccccc2sc2nc3cc(-c4ccc5c(c4)c4ccccc4n5-c4ccccc4)ccc3n12. The van der Waals surface area contributed by atoms with Crippen molar-refractivity contribution in [2.24, 2.45) is 0 Å². The van der Waals surface area contributed by atoms with Crippen molar-refractivity contribution in [3.8, 4) is 16.8 Å². The third-order valence-corrected chi connectivity index (χ3v) is 8.20. The number of para-hydroxylation sites is 2. The standard InChI is InChI=1S/C32H19N3OS/c36-31-24-11-5-7-13-30(24)37-32-33-26-19-21(15-17-29(26)35(31)32)20-14-16-28-25(18-20)23-10-4-6-12-27(23)34(28)22-8-2-1-3-9-22/h1-19H. The summed E-state index contributed by atoms with van der Waals surface area (Å²) in [6.07, 6.45) is 0. The minimum atomic E-state index is -0.0188. The molecule has 0 amide bonds. The smallest absolute Gasteiger partial charge is 0.266 e. The maximum atomic E-state index is 13.2. The van der Waals surface area contributed by atoms with Crippen molar-refractivity contribution >= 4 is 59.2 Å². The molecule has 0 aliphatic heterocycles. The molecule has 5 heteroatoms. The zero-order valence-corrected chi connectivity index (χ0v) is 20.4. The first-order valence-corrected chi connectivity index (χ1v) is 13.0. The Morgan fingerprint density at radius 2 is 1.27 bits per heavy atom. The third kappa shape index (κ3) is 2.95. The summed E-state index contributed by atoms with van der Waals surface area (Å²) in [5.41, 5.74) is 7.36. The van der Waals surface area contributed by atoms with E-state index in [-0.39, 0.29) is 5.56 Å². The molecule has 8 aromatic rings. The van der Waals surface area contributed by atoms with Gasteiger partial charge in [-0.25, -0.2) is 9.38 Å². The number of hydrogen-bond acceptors (Lipinski definition) is 3. The molecule has 0 spiro atoms. The molecule has 3 heterocycles. The molecule has 0 saturated carbocycles. The Labute approximate surface area is 215 Å². The summed E-state index contributed by atoms with van der Waals surface area (Å²) in [6, 6.07) is 39.6. The van der Waals surface area contributed by atoms with Gasteiger partial charge in [-0.2, -0.15) is 0 Å². The number of rotatable bonds is 2. The van der Waals surface area contributed by atoms with E-state index in [1.165, 1.54) is 21.8 Å². The highest BCUT2D eigenvalue weighted by Crippen LogP contribution is 2.35. The van der Waals surface area contributed by atoms with Crippen LogP contribution in [0.25, 0.3) is 64.7 Å². The highest BCUT2D eigenvalue weighted by Gasteiger charge is 2.15. The molecule has 8 rings (SSSR count). The predicted octanol–water partition coefficient (Wildman–Crippen LogP) is 7.83. The zero-order valence-electron chi connectivity index (χ0n) is 19.6. The number of imidazole rings is 1. The molecular weight excluding hydrogens is 474 g/mol. The zero-order chi connectivity index (χ0) is 24.5. The fourth-order valence-corrected chi connectivity index (χ4v) is 6.49. The molecule has 174 valence electrons. The lowest BCUT2D eigenvalue weighted by molar-refractivity contribution is 1.18. The highest BCUT2D eigenvalue weighted by atomic mass is 32.1. The molecule has 4 nitrogen and oxygen atoms in total. The molecule has 0 fully saturated rings. The van der Waals surface area contributed by atoms with Gasteiger partial charge in [0.15, 0.2) is 4.96 Å². The molecule has 0 bridgehead atoms. The summed E-state index contributed by atoms with van der Waals surface area (Å²) in [4.78, 5) is 18.8. The number of benzene rings is 5. The van der Waals surface area contributed by atoms with Crippen LogP contribution in [0.15, 0.2) is 120 Å². The lowest BCUT2D eigenvalue weighted by Crippen LogP contribution is -2.11. The molecule has 0 atom stereocenters. The van der Waals surface area contributed by atoms with Crippen LogP contribution in [0.4, 0.5) is 0 Å². The molecule has 37 heavy (non-hydrogen) atoms. The van der Waals surface area contributed by atoms with Crippen LogP contribution >= 0.6 is 11.3 Å². The summed E-state index contributed by atoms with van der Waals surface area (Å²) >= 11 is 1.55. The van der Waals surface area contributed by atoms with E-state index in [9.17, 15) is 4.79 Å².